The minimum Gasteiger partial charge on any atom is -0.449 e. The summed E-state index contributed by atoms with van der Waals surface area (Å²) in [5.74, 6) is -0.0978. The van der Waals surface area contributed by atoms with Gasteiger partial charge in [0.05, 0.1) is 6.61 Å². The smallest absolute Gasteiger partial charge is 0.449 e. The molecular formula is C13H16F3NO3. The summed E-state index contributed by atoms with van der Waals surface area (Å²) in [6, 6.07) is 4.81. The molecule has 0 fully saturated rings. The second-order valence-electron chi connectivity index (χ2n) is 4.31. The van der Waals surface area contributed by atoms with Crippen LogP contribution in [0.2, 0.25) is 0 Å². The molecular weight excluding hydrogens is 275 g/mol. The van der Waals surface area contributed by atoms with Gasteiger partial charge in [0.1, 0.15) is 5.75 Å². The first-order chi connectivity index (χ1) is 9.30. The second-order valence-corrected chi connectivity index (χ2v) is 4.31. The van der Waals surface area contributed by atoms with E-state index in [2.05, 4.69) is 10.1 Å². The van der Waals surface area contributed by atoms with Crippen molar-refractivity contribution in [3.8, 4) is 5.75 Å². The van der Waals surface area contributed by atoms with Crippen molar-refractivity contribution < 1.29 is 27.4 Å². The highest BCUT2D eigenvalue weighted by Crippen LogP contribution is 2.23. The van der Waals surface area contributed by atoms with E-state index in [1.54, 1.807) is 0 Å². The third-order valence-corrected chi connectivity index (χ3v) is 2.53. The number of nitrogens with one attached hydrogen (secondary N) is 1. The van der Waals surface area contributed by atoms with E-state index in [1.807, 2.05) is 13.8 Å². The van der Waals surface area contributed by atoms with Crippen LogP contribution >= 0.6 is 0 Å². The fourth-order valence-electron chi connectivity index (χ4n) is 1.23. The second kappa shape index (κ2) is 7.02. The summed E-state index contributed by atoms with van der Waals surface area (Å²) >= 11 is 0. The van der Waals surface area contributed by atoms with Gasteiger partial charge in [-0.1, -0.05) is 20.3 Å². The van der Waals surface area contributed by atoms with Crippen LogP contribution in [0.1, 0.15) is 20.3 Å². The predicted octanol–water partition coefficient (Wildman–Crippen LogP) is 4.18. The van der Waals surface area contributed by atoms with Crippen molar-refractivity contribution >= 4 is 11.8 Å². The minimum atomic E-state index is -4.73. The zero-order chi connectivity index (χ0) is 15.2. The van der Waals surface area contributed by atoms with Crippen molar-refractivity contribution in [1.29, 1.82) is 0 Å². The monoisotopic (exact) mass is 291 g/mol. The first kappa shape index (κ1) is 16.1. The van der Waals surface area contributed by atoms with Crippen LogP contribution in [-0.2, 0) is 4.74 Å². The van der Waals surface area contributed by atoms with Gasteiger partial charge >= 0.3 is 12.5 Å². The molecule has 20 heavy (non-hydrogen) atoms. The Morgan fingerprint density at radius 3 is 2.40 bits per heavy atom. The van der Waals surface area contributed by atoms with Gasteiger partial charge in [0.2, 0.25) is 0 Å². The Morgan fingerprint density at radius 2 is 1.90 bits per heavy atom. The number of amides is 1. The normalized spacial score (nSPS) is 12.7. The maximum Gasteiger partial charge on any atom is 0.573 e. The van der Waals surface area contributed by atoms with Crippen LogP contribution in [0.3, 0.4) is 0 Å². The highest BCUT2D eigenvalue weighted by Gasteiger charge is 2.30. The molecule has 1 aromatic carbocycles. The number of rotatable bonds is 5. The van der Waals surface area contributed by atoms with Crippen molar-refractivity contribution in [2.24, 2.45) is 5.92 Å². The summed E-state index contributed by atoms with van der Waals surface area (Å²) in [5, 5.41) is 2.41. The fraction of sp³-hybridized carbons (Fsp3) is 0.462. The maximum atomic E-state index is 11.9. The Hall–Kier alpha value is -1.92. The summed E-state index contributed by atoms with van der Waals surface area (Å²) in [6.07, 6.45) is -4.49. The van der Waals surface area contributed by atoms with Crippen LogP contribution in [0.5, 0.6) is 5.75 Å². The molecule has 0 bridgehead atoms. The van der Waals surface area contributed by atoms with E-state index in [0.29, 0.717) is 5.69 Å². The lowest BCUT2D eigenvalue weighted by atomic mass is 10.1. The standard InChI is InChI=1S/C13H16F3NO3/c1-3-9(2)8-19-12(18)17-10-4-6-11(7-5-10)20-13(14,15)16/h4-7,9H,3,8H2,1-2H3,(H,17,18). The van der Waals surface area contributed by atoms with Crippen LogP contribution in [0.4, 0.5) is 23.7 Å². The van der Waals surface area contributed by atoms with Gasteiger partial charge in [-0.25, -0.2) is 4.79 Å². The zero-order valence-corrected chi connectivity index (χ0v) is 11.2. The van der Waals surface area contributed by atoms with E-state index >= 15 is 0 Å². The number of hydrogen-bond acceptors (Lipinski definition) is 3. The lowest BCUT2D eigenvalue weighted by Gasteiger charge is -2.11. The van der Waals surface area contributed by atoms with Crippen LogP contribution in [0, 0.1) is 5.92 Å². The van der Waals surface area contributed by atoms with Gasteiger partial charge in [-0.3, -0.25) is 5.32 Å². The van der Waals surface area contributed by atoms with Gasteiger partial charge < -0.3 is 9.47 Å². The van der Waals surface area contributed by atoms with Gasteiger partial charge in [0.15, 0.2) is 0 Å². The summed E-state index contributed by atoms with van der Waals surface area (Å²) in [7, 11) is 0. The van der Waals surface area contributed by atoms with Crippen molar-refractivity contribution in [2.45, 2.75) is 26.6 Å². The number of ether oxygens (including phenoxy) is 2. The first-order valence-electron chi connectivity index (χ1n) is 6.09. The number of hydrogen-bond donors (Lipinski definition) is 1. The van der Waals surface area contributed by atoms with E-state index < -0.39 is 12.5 Å². The van der Waals surface area contributed by atoms with Crippen molar-refractivity contribution in [3.63, 3.8) is 0 Å². The van der Waals surface area contributed by atoms with Gasteiger partial charge in [-0.05, 0) is 30.2 Å². The third-order valence-electron chi connectivity index (χ3n) is 2.53. The quantitative estimate of drug-likeness (QED) is 0.885. The molecule has 7 heteroatoms. The van der Waals surface area contributed by atoms with Crippen LogP contribution < -0.4 is 10.1 Å². The molecule has 0 saturated heterocycles. The van der Waals surface area contributed by atoms with E-state index in [-0.39, 0.29) is 18.3 Å². The summed E-state index contributed by atoms with van der Waals surface area (Å²) in [4.78, 5) is 11.4. The molecule has 0 aromatic heterocycles. The van der Waals surface area contributed by atoms with E-state index in [9.17, 15) is 18.0 Å². The molecule has 0 aliphatic rings. The van der Waals surface area contributed by atoms with Crippen molar-refractivity contribution in [1.82, 2.24) is 0 Å². The Balaban J connectivity index is 2.47. The SMILES string of the molecule is CCC(C)COC(=O)Nc1ccc(OC(F)(F)F)cc1. The number of carbonyl (C=O) groups excluding carboxylic acids is 1. The molecule has 0 saturated carbocycles. The van der Waals surface area contributed by atoms with Gasteiger partial charge in [-0.2, -0.15) is 0 Å². The lowest BCUT2D eigenvalue weighted by molar-refractivity contribution is -0.274. The first-order valence-corrected chi connectivity index (χ1v) is 6.09. The lowest BCUT2D eigenvalue weighted by Crippen LogP contribution is -2.18. The van der Waals surface area contributed by atoms with Crippen LogP contribution in [0.25, 0.3) is 0 Å². The molecule has 1 amide bonds. The molecule has 1 N–H and O–H groups in total. The third kappa shape index (κ3) is 6.31. The fourth-order valence-corrected chi connectivity index (χ4v) is 1.23. The van der Waals surface area contributed by atoms with Crippen LogP contribution in [-0.4, -0.2) is 19.1 Å². The molecule has 4 nitrogen and oxygen atoms in total. The average molecular weight is 291 g/mol. The summed E-state index contributed by atoms with van der Waals surface area (Å²) in [6.45, 7) is 4.21. The zero-order valence-electron chi connectivity index (χ0n) is 11.2. The molecule has 0 radical (unpaired) electrons. The molecule has 0 aliphatic heterocycles. The van der Waals surface area contributed by atoms with E-state index in [4.69, 9.17) is 4.74 Å². The van der Waals surface area contributed by atoms with Crippen molar-refractivity contribution in [3.05, 3.63) is 24.3 Å². The highest BCUT2D eigenvalue weighted by molar-refractivity contribution is 5.84. The van der Waals surface area contributed by atoms with Crippen molar-refractivity contribution in [2.75, 3.05) is 11.9 Å². The molecule has 0 heterocycles. The van der Waals surface area contributed by atoms with E-state index in [1.165, 1.54) is 12.1 Å². The molecule has 1 aromatic rings. The average Bonchev–Trinajstić information content (AvgIpc) is 2.36. The molecule has 0 spiro atoms. The Bertz CT molecular complexity index is 431. The largest absolute Gasteiger partial charge is 0.573 e. The summed E-state index contributed by atoms with van der Waals surface area (Å²) < 4.78 is 44.5. The molecule has 0 aliphatic carbocycles. The predicted molar refractivity (Wildman–Crippen MR) is 67.6 cm³/mol. The minimum absolute atomic E-state index is 0.253. The summed E-state index contributed by atoms with van der Waals surface area (Å²) in [5.41, 5.74) is 0.327. The number of anilines is 1. The van der Waals surface area contributed by atoms with Gasteiger partial charge in [-0.15, -0.1) is 13.2 Å². The topological polar surface area (TPSA) is 47.6 Å². The molecule has 112 valence electrons. The number of halogens is 3. The maximum absolute atomic E-state index is 11.9. The Morgan fingerprint density at radius 1 is 1.30 bits per heavy atom. The Kier molecular flexibility index (Phi) is 5.66. The molecule has 1 atom stereocenters. The van der Waals surface area contributed by atoms with Gasteiger partial charge in [0, 0.05) is 5.69 Å². The highest BCUT2D eigenvalue weighted by atomic mass is 19.4. The molecule has 1 unspecified atom stereocenters. The number of benzene rings is 1. The van der Waals surface area contributed by atoms with Gasteiger partial charge in [0.25, 0.3) is 0 Å². The Labute approximate surface area is 114 Å². The van der Waals surface area contributed by atoms with E-state index in [0.717, 1.165) is 18.6 Å². The molecule has 1 rings (SSSR count). The van der Waals surface area contributed by atoms with Crippen LogP contribution in [0.15, 0.2) is 24.3 Å². The number of alkyl halides is 3. The number of carbonyl (C=O) groups is 1.